The quantitative estimate of drug-likeness (QED) is 0.583. The van der Waals surface area contributed by atoms with E-state index < -0.39 is 21.8 Å². The highest BCUT2D eigenvalue weighted by Crippen LogP contribution is 2.40. The van der Waals surface area contributed by atoms with Crippen molar-refractivity contribution in [2.24, 2.45) is 0 Å². The largest absolute Gasteiger partial charge is 0.489 e. The third kappa shape index (κ3) is 4.07. The van der Waals surface area contributed by atoms with E-state index in [0.29, 0.717) is 30.9 Å². The van der Waals surface area contributed by atoms with Crippen molar-refractivity contribution in [3.8, 4) is 5.75 Å². The minimum atomic E-state index is -4.57. The number of pyridine rings is 1. The van der Waals surface area contributed by atoms with Gasteiger partial charge in [-0.3, -0.25) is 4.79 Å². The summed E-state index contributed by atoms with van der Waals surface area (Å²) in [5.74, 6) is 0.377. The summed E-state index contributed by atoms with van der Waals surface area (Å²) >= 11 is 5.78. The van der Waals surface area contributed by atoms with Crippen molar-refractivity contribution >= 4 is 39.0 Å². The van der Waals surface area contributed by atoms with Crippen LogP contribution in [0.15, 0.2) is 35.2 Å². The number of nitrogens with zero attached hydrogens (tertiary/aromatic N) is 4. The van der Waals surface area contributed by atoms with E-state index >= 15 is 0 Å². The number of fused-ring (bicyclic) bond motifs is 3. The van der Waals surface area contributed by atoms with Gasteiger partial charge >= 0.3 is 6.18 Å². The van der Waals surface area contributed by atoms with E-state index in [1.807, 2.05) is 0 Å². The lowest BCUT2D eigenvalue weighted by Crippen LogP contribution is -2.49. The van der Waals surface area contributed by atoms with Gasteiger partial charge in [-0.05, 0) is 30.7 Å². The molecule has 8 nitrogen and oxygen atoms in total. The number of carbonyl (C=O) groups excluding carboxylic acids is 1. The van der Waals surface area contributed by atoms with Crippen molar-refractivity contribution < 1.29 is 31.1 Å². The lowest BCUT2D eigenvalue weighted by atomic mass is 10.2. The normalized spacial score (nSPS) is 21.3. The Labute approximate surface area is 198 Å². The molecule has 1 unspecified atom stereocenters. The smallest absolute Gasteiger partial charge is 0.416 e. The zero-order valence-electron chi connectivity index (χ0n) is 17.8. The standard InChI is InChI=1S/C21H20ClF3N4O4S/c22-18-9-13(21(23,24)25)10-19(26-18)27-5-7-28(8-6-27)34(31,32)15-2-3-16-17(11-15)33-12-14-1-4-20(30)29(14)16/h2-3,9-11,14H,1,4-8,12H2. The van der Waals surface area contributed by atoms with E-state index in [1.165, 1.54) is 16.4 Å². The molecule has 34 heavy (non-hydrogen) atoms. The van der Waals surface area contributed by atoms with Gasteiger partial charge in [0.15, 0.2) is 0 Å². The van der Waals surface area contributed by atoms with Crippen LogP contribution in [0.4, 0.5) is 24.7 Å². The van der Waals surface area contributed by atoms with Crippen molar-refractivity contribution in [2.75, 3.05) is 42.6 Å². The van der Waals surface area contributed by atoms with Crippen LogP contribution in [0.25, 0.3) is 0 Å². The number of hydrogen-bond acceptors (Lipinski definition) is 6. The number of alkyl halides is 3. The number of hydrogen-bond donors (Lipinski definition) is 0. The van der Waals surface area contributed by atoms with Gasteiger partial charge in [0, 0.05) is 38.7 Å². The van der Waals surface area contributed by atoms with Gasteiger partial charge in [-0.2, -0.15) is 17.5 Å². The Morgan fingerprint density at radius 1 is 1.09 bits per heavy atom. The number of anilines is 2. The highest BCUT2D eigenvalue weighted by Gasteiger charge is 2.39. The molecule has 13 heteroatoms. The van der Waals surface area contributed by atoms with E-state index in [9.17, 15) is 26.4 Å². The molecule has 1 amide bonds. The average Bonchev–Trinajstić information content (AvgIpc) is 3.19. The second-order valence-electron chi connectivity index (χ2n) is 8.32. The first-order valence-corrected chi connectivity index (χ1v) is 12.4. The molecule has 3 aliphatic heterocycles. The summed E-state index contributed by atoms with van der Waals surface area (Å²) < 4.78 is 72.8. The van der Waals surface area contributed by atoms with Crippen LogP contribution in [-0.4, -0.2) is 62.4 Å². The predicted octanol–water partition coefficient (Wildman–Crippen LogP) is 3.15. The summed E-state index contributed by atoms with van der Waals surface area (Å²) in [5, 5.41) is -0.285. The second kappa shape index (κ2) is 8.28. The first kappa shape index (κ1) is 23.2. The lowest BCUT2D eigenvalue weighted by Gasteiger charge is -2.35. The van der Waals surface area contributed by atoms with E-state index in [-0.39, 0.29) is 54.0 Å². The third-order valence-corrected chi connectivity index (χ3v) is 8.34. The van der Waals surface area contributed by atoms with Gasteiger partial charge in [0.1, 0.15) is 23.3 Å². The predicted molar refractivity (Wildman–Crippen MR) is 118 cm³/mol. The second-order valence-corrected chi connectivity index (χ2v) is 10.6. The Balaban J connectivity index is 1.33. The van der Waals surface area contributed by atoms with Crippen molar-refractivity contribution in [2.45, 2.75) is 30.0 Å². The number of aromatic nitrogens is 1. The van der Waals surface area contributed by atoms with Crippen LogP contribution in [0.2, 0.25) is 5.15 Å². The molecule has 3 aliphatic rings. The molecule has 1 aromatic carbocycles. The topological polar surface area (TPSA) is 83.0 Å². The zero-order valence-corrected chi connectivity index (χ0v) is 19.3. The molecule has 0 radical (unpaired) electrons. The maximum absolute atomic E-state index is 13.2. The van der Waals surface area contributed by atoms with Gasteiger partial charge in [-0.1, -0.05) is 11.6 Å². The van der Waals surface area contributed by atoms with Gasteiger partial charge in [0.25, 0.3) is 0 Å². The molecule has 2 aromatic rings. The lowest BCUT2D eigenvalue weighted by molar-refractivity contribution is -0.137. The molecule has 0 aliphatic carbocycles. The van der Waals surface area contributed by atoms with E-state index in [1.54, 1.807) is 15.9 Å². The van der Waals surface area contributed by atoms with Gasteiger partial charge in [0.2, 0.25) is 15.9 Å². The third-order valence-electron chi connectivity index (χ3n) is 6.26. The van der Waals surface area contributed by atoms with Gasteiger partial charge in [-0.15, -0.1) is 0 Å². The van der Waals surface area contributed by atoms with E-state index in [0.717, 1.165) is 12.1 Å². The molecule has 0 saturated carbocycles. The molecule has 5 rings (SSSR count). The summed E-state index contributed by atoms with van der Waals surface area (Å²) in [6, 6.07) is 6.08. The van der Waals surface area contributed by atoms with Gasteiger partial charge in [0.05, 0.1) is 22.2 Å². The summed E-state index contributed by atoms with van der Waals surface area (Å²) in [4.78, 5) is 19.5. The maximum atomic E-state index is 13.2. The van der Waals surface area contributed by atoms with Crippen molar-refractivity contribution in [3.63, 3.8) is 0 Å². The first-order valence-electron chi connectivity index (χ1n) is 10.6. The number of carbonyl (C=O) groups is 1. The Bertz CT molecular complexity index is 1250. The van der Waals surface area contributed by atoms with Crippen molar-refractivity contribution in [1.29, 1.82) is 0 Å². The molecular weight excluding hydrogens is 497 g/mol. The number of halogens is 4. The van der Waals surface area contributed by atoms with E-state index in [4.69, 9.17) is 16.3 Å². The molecule has 2 saturated heterocycles. The van der Waals surface area contributed by atoms with Crippen LogP contribution < -0.4 is 14.5 Å². The van der Waals surface area contributed by atoms with Crippen LogP contribution in [0.5, 0.6) is 5.75 Å². The Hall–Kier alpha value is -2.57. The number of amides is 1. The van der Waals surface area contributed by atoms with E-state index in [2.05, 4.69) is 4.98 Å². The fraction of sp³-hybridized carbons (Fsp3) is 0.429. The van der Waals surface area contributed by atoms with Crippen LogP contribution in [-0.2, 0) is 21.0 Å². The summed E-state index contributed by atoms with van der Waals surface area (Å²) in [5.41, 5.74) is -0.347. The van der Waals surface area contributed by atoms with Crippen molar-refractivity contribution in [1.82, 2.24) is 9.29 Å². The number of sulfonamides is 1. The highest BCUT2D eigenvalue weighted by molar-refractivity contribution is 7.89. The Morgan fingerprint density at radius 2 is 1.82 bits per heavy atom. The zero-order chi connectivity index (χ0) is 24.3. The summed E-state index contributed by atoms with van der Waals surface area (Å²) in [7, 11) is -3.88. The maximum Gasteiger partial charge on any atom is 0.416 e. The number of rotatable bonds is 3. The van der Waals surface area contributed by atoms with Crippen LogP contribution in [0, 0.1) is 0 Å². The Kier molecular flexibility index (Phi) is 5.64. The minimum absolute atomic E-state index is 0.00964. The Morgan fingerprint density at radius 3 is 2.53 bits per heavy atom. The molecule has 182 valence electrons. The highest BCUT2D eigenvalue weighted by atomic mass is 35.5. The molecule has 4 heterocycles. The van der Waals surface area contributed by atoms with Gasteiger partial charge in [-0.25, -0.2) is 13.4 Å². The first-order chi connectivity index (χ1) is 16.0. The molecule has 1 aromatic heterocycles. The average molecular weight is 517 g/mol. The summed E-state index contributed by atoms with van der Waals surface area (Å²) in [6.07, 6.45) is -3.43. The fourth-order valence-electron chi connectivity index (χ4n) is 4.50. The SMILES string of the molecule is O=C1CCC2COc3cc(S(=O)(=O)N4CCN(c5cc(C(F)(F)F)cc(Cl)n5)CC4)ccc3N12. The molecular formula is C21H20ClF3N4O4S. The monoisotopic (exact) mass is 516 g/mol. The summed E-state index contributed by atoms with van der Waals surface area (Å²) in [6.45, 7) is 0.725. The number of piperazine rings is 1. The number of benzene rings is 1. The molecule has 0 bridgehead atoms. The minimum Gasteiger partial charge on any atom is -0.489 e. The molecule has 0 N–H and O–H groups in total. The van der Waals surface area contributed by atoms with Gasteiger partial charge < -0.3 is 14.5 Å². The fourth-order valence-corrected chi connectivity index (χ4v) is 6.15. The van der Waals surface area contributed by atoms with Crippen LogP contribution in [0.3, 0.4) is 0 Å². The van der Waals surface area contributed by atoms with Crippen LogP contribution >= 0.6 is 11.6 Å². The molecule has 1 atom stereocenters. The number of ether oxygens (including phenoxy) is 1. The molecule has 2 fully saturated rings. The van der Waals surface area contributed by atoms with Crippen LogP contribution in [0.1, 0.15) is 18.4 Å². The molecule has 0 spiro atoms. The van der Waals surface area contributed by atoms with Crippen molar-refractivity contribution in [3.05, 3.63) is 41.0 Å².